The number of ether oxygens (including phenoxy) is 1. The molecule has 28 heavy (non-hydrogen) atoms. The second-order valence-corrected chi connectivity index (χ2v) is 7.46. The molecule has 0 spiro atoms. The predicted octanol–water partition coefficient (Wildman–Crippen LogP) is 4.73. The molecule has 0 aliphatic heterocycles. The van der Waals surface area contributed by atoms with Crippen LogP contribution in [0.4, 0.5) is 0 Å². The van der Waals surface area contributed by atoms with Gasteiger partial charge in [-0.2, -0.15) is 5.10 Å². The molecule has 0 aliphatic carbocycles. The van der Waals surface area contributed by atoms with Gasteiger partial charge in [-0.1, -0.05) is 46.3 Å². The van der Waals surface area contributed by atoms with Gasteiger partial charge in [0, 0.05) is 15.4 Å². The Morgan fingerprint density at radius 1 is 1.21 bits per heavy atom. The van der Waals surface area contributed by atoms with Crippen LogP contribution in [-0.4, -0.2) is 30.5 Å². The van der Waals surface area contributed by atoms with Crippen molar-refractivity contribution < 1.29 is 9.53 Å². The summed E-state index contributed by atoms with van der Waals surface area (Å²) in [6.45, 7) is 4.24. The van der Waals surface area contributed by atoms with Gasteiger partial charge in [0.25, 0.3) is 0 Å². The maximum atomic E-state index is 11.6. The highest BCUT2D eigenvalue weighted by molar-refractivity contribution is 9.10. The van der Waals surface area contributed by atoms with E-state index in [1.807, 2.05) is 46.5 Å². The minimum atomic E-state index is -0.362. The molecule has 0 atom stereocenters. The number of benzene rings is 2. The summed E-state index contributed by atoms with van der Waals surface area (Å²) in [7, 11) is 1.36. The zero-order chi connectivity index (χ0) is 19.9. The summed E-state index contributed by atoms with van der Waals surface area (Å²) >= 11 is 4.98. The van der Waals surface area contributed by atoms with Gasteiger partial charge in [0.2, 0.25) is 4.80 Å². The molecule has 1 heterocycles. The normalized spacial score (nSPS) is 11.7. The van der Waals surface area contributed by atoms with Gasteiger partial charge in [0.05, 0.1) is 31.1 Å². The fraction of sp³-hybridized carbons (Fsp3) is 0.0952. The molecule has 0 bridgehead atoms. The standard InChI is InChI=1S/C21H18BrN3O2S/c1-3-12-23-21-25(19(14-28-21)16-8-10-18(22)11-9-16)24-13-15-4-6-17(7-5-15)20(26)27-2/h3-11,13-14H,1,12H2,2H3. The van der Waals surface area contributed by atoms with Gasteiger partial charge in [-0.25, -0.2) is 9.47 Å². The maximum absolute atomic E-state index is 11.6. The van der Waals surface area contributed by atoms with Crippen molar-refractivity contribution in [2.24, 2.45) is 10.1 Å². The van der Waals surface area contributed by atoms with Gasteiger partial charge < -0.3 is 4.74 Å². The van der Waals surface area contributed by atoms with Crippen molar-refractivity contribution in [3.05, 3.63) is 87.0 Å². The summed E-state index contributed by atoms with van der Waals surface area (Å²) in [6, 6.07) is 15.1. The van der Waals surface area contributed by atoms with E-state index in [1.165, 1.54) is 18.4 Å². The quantitative estimate of drug-likeness (QED) is 0.306. The summed E-state index contributed by atoms with van der Waals surface area (Å²) < 4.78 is 7.55. The highest BCUT2D eigenvalue weighted by Crippen LogP contribution is 2.22. The second kappa shape index (κ2) is 9.43. The van der Waals surface area contributed by atoms with Crippen LogP contribution in [0.2, 0.25) is 0 Å². The summed E-state index contributed by atoms with van der Waals surface area (Å²) in [4.78, 5) is 16.9. The maximum Gasteiger partial charge on any atom is 0.337 e. The Labute approximate surface area is 175 Å². The number of hydrogen-bond acceptors (Lipinski definition) is 5. The van der Waals surface area contributed by atoms with Crippen molar-refractivity contribution in [2.75, 3.05) is 13.7 Å². The number of halogens is 1. The molecule has 3 rings (SSSR count). The number of nitrogens with zero attached hydrogens (tertiary/aromatic N) is 3. The average Bonchev–Trinajstić information content (AvgIpc) is 3.13. The first-order valence-electron chi connectivity index (χ1n) is 8.43. The van der Waals surface area contributed by atoms with Gasteiger partial charge >= 0.3 is 5.97 Å². The average molecular weight is 456 g/mol. The number of aromatic nitrogens is 1. The van der Waals surface area contributed by atoms with Gasteiger partial charge in [-0.05, 0) is 29.8 Å². The Balaban J connectivity index is 1.98. The van der Waals surface area contributed by atoms with Gasteiger partial charge in [0.15, 0.2) is 0 Å². The highest BCUT2D eigenvalue weighted by Gasteiger charge is 2.08. The van der Waals surface area contributed by atoms with Gasteiger partial charge in [0.1, 0.15) is 0 Å². The third-order valence-electron chi connectivity index (χ3n) is 3.84. The minimum Gasteiger partial charge on any atom is -0.465 e. The minimum absolute atomic E-state index is 0.362. The van der Waals surface area contributed by atoms with E-state index < -0.39 is 0 Å². The Kier molecular flexibility index (Phi) is 6.73. The van der Waals surface area contributed by atoms with Crippen molar-refractivity contribution in [1.29, 1.82) is 0 Å². The van der Waals surface area contributed by atoms with Crippen LogP contribution in [0.15, 0.2) is 81.1 Å². The number of carbonyl (C=O) groups excluding carboxylic acids is 1. The zero-order valence-corrected chi connectivity index (χ0v) is 17.6. The molecule has 0 saturated carbocycles. The Morgan fingerprint density at radius 3 is 2.57 bits per heavy atom. The van der Waals surface area contributed by atoms with Crippen LogP contribution < -0.4 is 4.80 Å². The first kappa shape index (κ1) is 20.0. The molecule has 142 valence electrons. The molecule has 0 fully saturated rings. The topological polar surface area (TPSA) is 56.0 Å². The molecule has 7 heteroatoms. The number of thiazole rings is 1. The monoisotopic (exact) mass is 455 g/mol. The summed E-state index contributed by atoms with van der Waals surface area (Å²) in [5.74, 6) is -0.362. The lowest BCUT2D eigenvalue weighted by Crippen LogP contribution is -2.12. The van der Waals surface area contributed by atoms with Crippen molar-refractivity contribution in [2.45, 2.75) is 0 Å². The first-order chi connectivity index (χ1) is 13.6. The molecule has 0 N–H and O–H groups in total. The van der Waals surface area contributed by atoms with Crippen molar-refractivity contribution in [3.8, 4) is 11.3 Å². The van der Waals surface area contributed by atoms with E-state index in [0.717, 1.165) is 26.1 Å². The van der Waals surface area contributed by atoms with Crippen LogP contribution >= 0.6 is 27.3 Å². The lowest BCUT2D eigenvalue weighted by Gasteiger charge is -2.04. The molecule has 0 radical (unpaired) electrons. The van der Waals surface area contributed by atoms with E-state index in [4.69, 9.17) is 4.74 Å². The molecule has 1 aromatic heterocycles. The summed E-state index contributed by atoms with van der Waals surface area (Å²) in [6.07, 6.45) is 3.49. The van der Waals surface area contributed by atoms with Crippen LogP contribution in [0, 0.1) is 0 Å². The van der Waals surface area contributed by atoms with E-state index in [2.05, 4.69) is 32.6 Å². The van der Waals surface area contributed by atoms with Crippen LogP contribution in [0.25, 0.3) is 11.3 Å². The van der Waals surface area contributed by atoms with Gasteiger partial charge in [-0.15, -0.1) is 17.9 Å². The molecule has 0 amide bonds. The predicted molar refractivity (Wildman–Crippen MR) is 117 cm³/mol. The van der Waals surface area contributed by atoms with E-state index in [1.54, 1.807) is 24.4 Å². The van der Waals surface area contributed by atoms with Gasteiger partial charge in [-0.3, -0.25) is 4.99 Å². The number of rotatable bonds is 6. The molecule has 5 nitrogen and oxygen atoms in total. The lowest BCUT2D eigenvalue weighted by atomic mass is 10.1. The molecule has 0 unspecified atom stereocenters. The molecule has 2 aromatic carbocycles. The lowest BCUT2D eigenvalue weighted by molar-refractivity contribution is 0.0600. The smallest absolute Gasteiger partial charge is 0.337 e. The Bertz CT molecular complexity index is 1060. The summed E-state index contributed by atoms with van der Waals surface area (Å²) in [5, 5.41) is 6.66. The Hall–Kier alpha value is -2.77. The van der Waals surface area contributed by atoms with E-state index >= 15 is 0 Å². The highest BCUT2D eigenvalue weighted by atomic mass is 79.9. The Morgan fingerprint density at radius 2 is 1.93 bits per heavy atom. The number of hydrogen-bond donors (Lipinski definition) is 0. The van der Waals surface area contributed by atoms with Crippen molar-refractivity contribution in [1.82, 2.24) is 4.68 Å². The van der Waals surface area contributed by atoms with E-state index in [9.17, 15) is 4.79 Å². The van der Waals surface area contributed by atoms with Crippen LogP contribution in [0.3, 0.4) is 0 Å². The van der Waals surface area contributed by atoms with Crippen molar-refractivity contribution >= 4 is 39.5 Å². The molecule has 3 aromatic rings. The second-order valence-electron chi connectivity index (χ2n) is 5.71. The third-order valence-corrected chi connectivity index (χ3v) is 5.22. The number of methoxy groups -OCH3 is 1. The fourth-order valence-corrected chi connectivity index (χ4v) is 3.54. The molecular formula is C21H18BrN3O2S. The number of carbonyl (C=O) groups is 1. The van der Waals surface area contributed by atoms with E-state index in [-0.39, 0.29) is 5.97 Å². The first-order valence-corrected chi connectivity index (χ1v) is 10.1. The molecule has 0 saturated heterocycles. The van der Waals surface area contributed by atoms with E-state index in [0.29, 0.717) is 12.1 Å². The van der Waals surface area contributed by atoms with Crippen LogP contribution in [-0.2, 0) is 4.74 Å². The molecule has 0 aliphatic rings. The zero-order valence-electron chi connectivity index (χ0n) is 15.2. The largest absolute Gasteiger partial charge is 0.465 e. The summed E-state index contributed by atoms with van der Waals surface area (Å²) in [5.41, 5.74) is 3.35. The van der Waals surface area contributed by atoms with Crippen LogP contribution in [0.1, 0.15) is 15.9 Å². The number of esters is 1. The van der Waals surface area contributed by atoms with Crippen LogP contribution in [0.5, 0.6) is 0 Å². The fourth-order valence-electron chi connectivity index (χ4n) is 2.43. The third kappa shape index (κ3) is 4.74. The molecular weight excluding hydrogens is 438 g/mol. The SMILES string of the molecule is C=CCN=c1scc(-c2ccc(Br)cc2)n1N=Cc1ccc(C(=O)OC)cc1. The van der Waals surface area contributed by atoms with Crippen molar-refractivity contribution in [3.63, 3.8) is 0 Å².